The maximum atomic E-state index is 5.29. The number of hydrogen-bond donors (Lipinski definition) is 1. The van der Waals surface area contributed by atoms with Crippen LogP contribution in [0.2, 0.25) is 0 Å². The summed E-state index contributed by atoms with van der Waals surface area (Å²) in [6.45, 7) is 2.06. The van der Waals surface area contributed by atoms with Gasteiger partial charge in [0.1, 0.15) is 0 Å². The number of anilines is 2. The van der Waals surface area contributed by atoms with Crippen LogP contribution >= 0.6 is 34.4 Å². The van der Waals surface area contributed by atoms with E-state index in [-0.39, 0.29) is 0 Å². The average molecular weight is 388 g/mol. The first-order valence-electron chi connectivity index (χ1n) is 7.43. The van der Waals surface area contributed by atoms with Crippen molar-refractivity contribution in [1.82, 2.24) is 20.3 Å². The molecule has 6 nitrogen and oxygen atoms in total. The topological polar surface area (TPSA) is 76.7 Å². The highest BCUT2D eigenvalue weighted by Gasteiger charge is 2.12. The summed E-state index contributed by atoms with van der Waals surface area (Å²) in [5, 5.41) is 18.4. The minimum atomic E-state index is 0.567. The zero-order chi connectivity index (χ0) is 17.1. The van der Waals surface area contributed by atoms with Crippen LogP contribution in [0, 0.1) is 6.92 Å². The molecule has 0 amide bonds. The lowest BCUT2D eigenvalue weighted by molar-refractivity contribution is 0.392. The van der Waals surface area contributed by atoms with Crippen molar-refractivity contribution in [2.75, 3.05) is 5.32 Å². The van der Waals surface area contributed by atoms with Gasteiger partial charge in [-0.05, 0) is 36.1 Å². The molecule has 0 aliphatic heterocycles. The summed E-state index contributed by atoms with van der Waals surface area (Å²) in [5.74, 6) is 1.78. The number of thiophene rings is 1. The van der Waals surface area contributed by atoms with Crippen LogP contribution in [0.4, 0.5) is 10.8 Å². The molecule has 3 aromatic heterocycles. The van der Waals surface area contributed by atoms with E-state index < -0.39 is 0 Å². The van der Waals surface area contributed by atoms with Crippen LogP contribution in [0.25, 0.3) is 10.7 Å². The highest BCUT2D eigenvalue weighted by molar-refractivity contribution is 8.00. The Morgan fingerprint density at radius 3 is 3.00 bits per heavy atom. The van der Waals surface area contributed by atoms with Crippen LogP contribution in [0.5, 0.6) is 0 Å². The van der Waals surface area contributed by atoms with Crippen LogP contribution in [0.1, 0.15) is 11.5 Å². The molecule has 25 heavy (non-hydrogen) atoms. The van der Waals surface area contributed by atoms with Crippen molar-refractivity contribution in [2.45, 2.75) is 17.0 Å². The third-order valence-electron chi connectivity index (χ3n) is 3.20. The Morgan fingerprint density at radius 1 is 1.20 bits per heavy atom. The van der Waals surface area contributed by atoms with Crippen molar-refractivity contribution < 1.29 is 4.52 Å². The van der Waals surface area contributed by atoms with Gasteiger partial charge in [-0.3, -0.25) is 0 Å². The molecule has 1 N–H and O–H groups in total. The number of nitrogens with zero attached hydrogens (tertiary/aromatic N) is 4. The second-order valence-corrected chi connectivity index (χ2v) is 8.29. The first-order chi connectivity index (χ1) is 12.3. The Labute approximate surface area is 156 Å². The smallest absolute Gasteiger partial charge is 0.237 e. The molecule has 0 radical (unpaired) electrons. The third-order valence-corrected chi connectivity index (χ3v) is 6.03. The molecule has 0 bridgehead atoms. The number of nitrogens with one attached hydrogen (secondary N) is 1. The van der Waals surface area contributed by atoms with Gasteiger partial charge in [0.2, 0.25) is 16.8 Å². The van der Waals surface area contributed by atoms with E-state index in [1.165, 1.54) is 28.7 Å². The molecule has 0 aliphatic carbocycles. The molecule has 4 rings (SSSR count). The van der Waals surface area contributed by atoms with E-state index in [2.05, 4.69) is 44.7 Å². The molecule has 0 atom stereocenters. The molecule has 0 saturated carbocycles. The van der Waals surface area contributed by atoms with Gasteiger partial charge in [0.05, 0.1) is 10.6 Å². The SMILES string of the molecule is Cc1cccc(Nc2nnc(SCc3nc(-c4cccs4)no3)s2)c1. The summed E-state index contributed by atoms with van der Waals surface area (Å²) in [5.41, 5.74) is 2.20. The van der Waals surface area contributed by atoms with E-state index in [0.29, 0.717) is 17.5 Å². The fourth-order valence-corrected chi connectivity index (χ4v) is 4.37. The predicted molar refractivity (Wildman–Crippen MR) is 102 cm³/mol. The maximum absolute atomic E-state index is 5.29. The van der Waals surface area contributed by atoms with Crippen LogP contribution in [-0.4, -0.2) is 20.3 Å². The normalized spacial score (nSPS) is 10.9. The van der Waals surface area contributed by atoms with Gasteiger partial charge >= 0.3 is 0 Å². The summed E-state index contributed by atoms with van der Waals surface area (Å²) in [6.07, 6.45) is 0. The Hall–Kier alpha value is -2.23. The lowest BCUT2D eigenvalue weighted by Crippen LogP contribution is -1.89. The lowest BCUT2D eigenvalue weighted by Gasteiger charge is -2.01. The fraction of sp³-hybridized carbons (Fsp3) is 0.125. The van der Waals surface area contributed by atoms with Gasteiger partial charge < -0.3 is 9.84 Å². The van der Waals surface area contributed by atoms with Crippen molar-refractivity contribution in [2.24, 2.45) is 0 Å². The molecule has 0 saturated heterocycles. The molecule has 9 heteroatoms. The molecule has 0 aliphatic rings. The maximum Gasteiger partial charge on any atom is 0.237 e. The molecule has 0 fully saturated rings. The van der Waals surface area contributed by atoms with Gasteiger partial charge in [0.25, 0.3) is 0 Å². The first kappa shape index (κ1) is 16.2. The highest BCUT2D eigenvalue weighted by atomic mass is 32.2. The Kier molecular flexibility index (Phi) is 4.77. The summed E-state index contributed by atoms with van der Waals surface area (Å²) in [4.78, 5) is 5.41. The minimum absolute atomic E-state index is 0.567. The summed E-state index contributed by atoms with van der Waals surface area (Å²) in [7, 11) is 0. The molecule has 0 spiro atoms. The lowest BCUT2D eigenvalue weighted by atomic mass is 10.2. The van der Waals surface area contributed by atoms with Crippen molar-refractivity contribution in [3.63, 3.8) is 0 Å². The minimum Gasteiger partial charge on any atom is -0.338 e. The van der Waals surface area contributed by atoms with Gasteiger partial charge in [-0.1, -0.05) is 46.5 Å². The zero-order valence-corrected chi connectivity index (χ0v) is 15.6. The number of hydrogen-bond acceptors (Lipinski definition) is 9. The standard InChI is InChI=1S/C16H13N5OS3/c1-10-4-2-5-11(8-10)17-15-19-20-16(25-15)24-9-13-18-14(21-22-13)12-6-3-7-23-12/h2-8H,9H2,1H3,(H,17,19). The Bertz CT molecular complexity index is 964. The van der Waals surface area contributed by atoms with E-state index in [4.69, 9.17) is 4.52 Å². The van der Waals surface area contributed by atoms with Crippen molar-refractivity contribution in [3.05, 3.63) is 53.2 Å². The number of aromatic nitrogens is 4. The van der Waals surface area contributed by atoms with Gasteiger partial charge in [-0.25, -0.2) is 0 Å². The molecule has 4 aromatic rings. The second-order valence-electron chi connectivity index (χ2n) is 5.15. The molecule has 1 aromatic carbocycles. The molecule has 3 heterocycles. The van der Waals surface area contributed by atoms with Crippen LogP contribution < -0.4 is 5.32 Å². The van der Waals surface area contributed by atoms with Crippen LogP contribution in [-0.2, 0) is 5.75 Å². The van der Waals surface area contributed by atoms with E-state index in [9.17, 15) is 0 Å². The Morgan fingerprint density at radius 2 is 2.16 bits per heavy atom. The number of thioether (sulfide) groups is 1. The highest BCUT2D eigenvalue weighted by Crippen LogP contribution is 2.30. The summed E-state index contributed by atoms with van der Waals surface area (Å²) in [6, 6.07) is 12.1. The predicted octanol–water partition coefficient (Wildman–Crippen LogP) is 4.99. The quantitative estimate of drug-likeness (QED) is 0.467. The van der Waals surface area contributed by atoms with Crippen molar-refractivity contribution >= 4 is 45.3 Å². The van der Waals surface area contributed by atoms with Crippen LogP contribution in [0.15, 0.2) is 50.6 Å². The summed E-state index contributed by atoms with van der Waals surface area (Å²) < 4.78 is 6.14. The first-order valence-corrected chi connectivity index (χ1v) is 10.1. The molecular formula is C16H13N5OS3. The average Bonchev–Trinajstić information content (AvgIpc) is 3.34. The molecule has 126 valence electrons. The third kappa shape index (κ3) is 4.06. The van der Waals surface area contributed by atoms with Gasteiger partial charge in [-0.2, -0.15) is 4.98 Å². The molecule has 0 unspecified atom stereocenters. The van der Waals surface area contributed by atoms with Crippen molar-refractivity contribution in [1.29, 1.82) is 0 Å². The van der Waals surface area contributed by atoms with Gasteiger partial charge in [0, 0.05) is 5.69 Å². The number of aryl methyl sites for hydroxylation is 1. The van der Waals surface area contributed by atoms with E-state index in [1.807, 2.05) is 29.6 Å². The van der Waals surface area contributed by atoms with Crippen LogP contribution in [0.3, 0.4) is 0 Å². The molecular weight excluding hydrogens is 374 g/mol. The van der Waals surface area contributed by atoms with E-state index in [0.717, 1.165) is 20.0 Å². The zero-order valence-electron chi connectivity index (χ0n) is 13.2. The van der Waals surface area contributed by atoms with Crippen molar-refractivity contribution in [3.8, 4) is 10.7 Å². The van der Waals surface area contributed by atoms with Gasteiger partial charge in [0.15, 0.2) is 4.34 Å². The fourth-order valence-electron chi connectivity index (χ4n) is 2.11. The summed E-state index contributed by atoms with van der Waals surface area (Å²) >= 11 is 4.62. The largest absolute Gasteiger partial charge is 0.338 e. The van der Waals surface area contributed by atoms with E-state index >= 15 is 0 Å². The van der Waals surface area contributed by atoms with Gasteiger partial charge in [-0.15, -0.1) is 21.5 Å². The Balaban J connectivity index is 1.37. The van der Waals surface area contributed by atoms with E-state index in [1.54, 1.807) is 11.3 Å². The number of rotatable bonds is 6. The second kappa shape index (κ2) is 7.34. The number of benzene rings is 1. The monoisotopic (exact) mass is 387 g/mol.